The van der Waals surface area contributed by atoms with Gasteiger partial charge in [0.15, 0.2) is 0 Å². The van der Waals surface area contributed by atoms with E-state index in [-0.39, 0.29) is 18.5 Å². The molecule has 4 nitrogen and oxygen atoms in total. The summed E-state index contributed by atoms with van der Waals surface area (Å²) in [4.78, 5) is 12.8. The van der Waals surface area contributed by atoms with Crippen LogP contribution in [0.4, 0.5) is 8.78 Å². The summed E-state index contributed by atoms with van der Waals surface area (Å²) in [7, 11) is 0. The Morgan fingerprint density at radius 2 is 2.06 bits per heavy atom. The summed E-state index contributed by atoms with van der Waals surface area (Å²) in [5, 5.41) is 11.8. The van der Waals surface area contributed by atoms with Gasteiger partial charge in [0.2, 0.25) is 5.91 Å². The molecular formula is C10H18F2N2O2. The second-order valence-electron chi connectivity index (χ2n) is 4.09. The fourth-order valence-electron chi connectivity index (χ4n) is 1.78. The SMILES string of the molecule is CC(=O)N1CCC(NCC(O)C(F)F)CC1. The molecule has 0 radical (unpaired) electrons. The maximum Gasteiger partial charge on any atom is 0.265 e. The lowest BCUT2D eigenvalue weighted by Crippen LogP contribution is -2.46. The third kappa shape index (κ3) is 4.02. The molecule has 94 valence electrons. The first kappa shape index (κ1) is 13.3. The first-order chi connectivity index (χ1) is 7.50. The molecule has 0 saturated carbocycles. The molecule has 6 heteroatoms. The van der Waals surface area contributed by atoms with E-state index in [1.165, 1.54) is 6.92 Å². The van der Waals surface area contributed by atoms with Crippen LogP contribution in [-0.2, 0) is 4.79 Å². The normalized spacial score (nSPS) is 20.2. The molecule has 1 aliphatic heterocycles. The van der Waals surface area contributed by atoms with Gasteiger partial charge in [-0.15, -0.1) is 0 Å². The Morgan fingerprint density at radius 3 is 2.50 bits per heavy atom. The Morgan fingerprint density at radius 1 is 1.50 bits per heavy atom. The number of alkyl halides is 2. The molecule has 1 amide bonds. The number of hydrogen-bond acceptors (Lipinski definition) is 3. The summed E-state index contributed by atoms with van der Waals surface area (Å²) >= 11 is 0. The maximum atomic E-state index is 12.0. The highest BCUT2D eigenvalue weighted by molar-refractivity contribution is 5.73. The molecular weight excluding hydrogens is 218 g/mol. The van der Waals surface area contributed by atoms with Crippen LogP contribution in [0.1, 0.15) is 19.8 Å². The summed E-state index contributed by atoms with van der Waals surface area (Å²) in [5.74, 6) is 0.0473. The summed E-state index contributed by atoms with van der Waals surface area (Å²) in [5.41, 5.74) is 0. The van der Waals surface area contributed by atoms with Crippen molar-refractivity contribution in [2.45, 2.75) is 38.3 Å². The van der Waals surface area contributed by atoms with Gasteiger partial charge in [0, 0.05) is 32.6 Å². The topological polar surface area (TPSA) is 52.6 Å². The average molecular weight is 236 g/mol. The van der Waals surface area contributed by atoms with Crippen LogP contribution in [0, 0.1) is 0 Å². The molecule has 0 aromatic heterocycles. The van der Waals surface area contributed by atoms with Gasteiger partial charge in [0.1, 0.15) is 6.10 Å². The molecule has 0 bridgehead atoms. The number of likely N-dealkylation sites (tertiary alicyclic amines) is 1. The second kappa shape index (κ2) is 6.10. The summed E-state index contributed by atoms with van der Waals surface area (Å²) in [6.07, 6.45) is -2.82. The van der Waals surface area contributed by atoms with Gasteiger partial charge in [0.25, 0.3) is 6.43 Å². The van der Waals surface area contributed by atoms with Gasteiger partial charge in [-0.3, -0.25) is 4.79 Å². The fourth-order valence-corrected chi connectivity index (χ4v) is 1.78. The van der Waals surface area contributed by atoms with Crippen molar-refractivity contribution in [3.63, 3.8) is 0 Å². The monoisotopic (exact) mass is 236 g/mol. The number of aliphatic hydroxyl groups is 1. The zero-order chi connectivity index (χ0) is 12.1. The Hall–Kier alpha value is -0.750. The fraction of sp³-hybridized carbons (Fsp3) is 0.900. The van der Waals surface area contributed by atoms with Crippen molar-refractivity contribution in [1.29, 1.82) is 0 Å². The van der Waals surface area contributed by atoms with E-state index in [4.69, 9.17) is 5.11 Å². The van der Waals surface area contributed by atoms with Crippen molar-refractivity contribution in [3.8, 4) is 0 Å². The quantitative estimate of drug-likeness (QED) is 0.734. The third-order valence-electron chi connectivity index (χ3n) is 2.85. The lowest BCUT2D eigenvalue weighted by Gasteiger charge is -2.32. The number of hydrogen-bond donors (Lipinski definition) is 2. The molecule has 0 aliphatic carbocycles. The average Bonchev–Trinajstić information content (AvgIpc) is 2.26. The number of nitrogens with one attached hydrogen (secondary N) is 1. The zero-order valence-electron chi connectivity index (χ0n) is 9.33. The lowest BCUT2D eigenvalue weighted by atomic mass is 10.0. The van der Waals surface area contributed by atoms with Crippen molar-refractivity contribution < 1.29 is 18.7 Å². The van der Waals surface area contributed by atoms with Crippen LogP contribution in [-0.4, -0.2) is 54.1 Å². The number of carbonyl (C=O) groups excluding carboxylic acids is 1. The van der Waals surface area contributed by atoms with Crippen LogP contribution in [0.25, 0.3) is 0 Å². The number of aliphatic hydroxyl groups excluding tert-OH is 1. The minimum Gasteiger partial charge on any atom is -0.386 e. The largest absolute Gasteiger partial charge is 0.386 e. The van der Waals surface area contributed by atoms with Crippen molar-refractivity contribution >= 4 is 5.91 Å². The lowest BCUT2D eigenvalue weighted by molar-refractivity contribution is -0.129. The standard InChI is InChI=1S/C10H18F2N2O2/c1-7(15)14-4-2-8(3-5-14)13-6-9(16)10(11)12/h8-10,13,16H,2-6H2,1H3. The van der Waals surface area contributed by atoms with Gasteiger partial charge in [-0.2, -0.15) is 0 Å². The van der Waals surface area contributed by atoms with E-state index in [2.05, 4.69) is 5.32 Å². The van der Waals surface area contributed by atoms with Crippen LogP contribution in [0.2, 0.25) is 0 Å². The van der Waals surface area contributed by atoms with E-state index in [9.17, 15) is 13.6 Å². The highest BCUT2D eigenvalue weighted by Crippen LogP contribution is 2.10. The summed E-state index contributed by atoms with van der Waals surface area (Å²) in [6, 6.07) is 0.115. The number of rotatable bonds is 4. The Kier molecular flexibility index (Phi) is 5.08. The zero-order valence-corrected chi connectivity index (χ0v) is 9.33. The van der Waals surface area contributed by atoms with Crippen molar-refractivity contribution in [1.82, 2.24) is 10.2 Å². The molecule has 1 fully saturated rings. The highest BCUT2D eigenvalue weighted by atomic mass is 19.3. The number of halogens is 2. The number of carbonyl (C=O) groups is 1. The number of piperidine rings is 1. The van der Waals surface area contributed by atoms with Crippen molar-refractivity contribution in [3.05, 3.63) is 0 Å². The molecule has 0 aromatic carbocycles. The van der Waals surface area contributed by atoms with Crippen LogP contribution in [0.3, 0.4) is 0 Å². The van der Waals surface area contributed by atoms with Crippen molar-refractivity contribution in [2.75, 3.05) is 19.6 Å². The van der Waals surface area contributed by atoms with E-state index in [0.29, 0.717) is 13.1 Å². The van der Waals surface area contributed by atoms with Crippen LogP contribution >= 0.6 is 0 Å². The van der Waals surface area contributed by atoms with Crippen LogP contribution in [0.5, 0.6) is 0 Å². The Labute approximate surface area is 93.6 Å². The van der Waals surface area contributed by atoms with Crippen LogP contribution in [0.15, 0.2) is 0 Å². The Bertz CT molecular complexity index is 231. The minimum atomic E-state index is -2.70. The summed E-state index contributed by atoms with van der Waals surface area (Å²) < 4.78 is 24.0. The maximum absolute atomic E-state index is 12.0. The molecule has 1 heterocycles. The van der Waals surface area contributed by atoms with Gasteiger partial charge in [0.05, 0.1) is 0 Å². The Balaban J connectivity index is 2.20. The van der Waals surface area contributed by atoms with Crippen LogP contribution < -0.4 is 5.32 Å². The van der Waals surface area contributed by atoms with E-state index in [0.717, 1.165) is 12.8 Å². The highest BCUT2D eigenvalue weighted by Gasteiger charge is 2.22. The van der Waals surface area contributed by atoms with E-state index in [1.54, 1.807) is 4.90 Å². The van der Waals surface area contributed by atoms with Gasteiger partial charge >= 0.3 is 0 Å². The number of amides is 1. The first-order valence-electron chi connectivity index (χ1n) is 5.46. The minimum absolute atomic E-state index is 0.0473. The van der Waals surface area contributed by atoms with E-state index < -0.39 is 12.5 Å². The second-order valence-corrected chi connectivity index (χ2v) is 4.09. The van der Waals surface area contributed by atoms with Gasteiger partial charge in [-0.25, -0.2) is 8.78 Å². The van der Waals surface area contributed by atoms with Gasteiger partial charge in [-0.05, 0) is 12.8 Å². The molecule has 1 saturated heterocycles. The molecule has 0 aromatic rings. The molecule has 16 heavy (non-hydrogen) atoms. The first-order valence-corrected chi connectivity index (χ1v) is 5.46. The number of nitrogens with zero attached hydrogens (tertiary/aromatic N) is 1. The predicted molar refractivity (Wildman–Crippen MR) is 55.3 cm³/mol. The van der Waals surface area contributed by atoms with Gasteiger partial charge < -0.3 is 15.3 Å². The third-order valence-corrected chi connectivity index (χ3v) is 2.85. The summed E-state index contributed by atoms with van der Waals surface area (Å²) in [6.45, 7) is 2.73. The molecule has 1 rings (SSSR count). The molecule has 2 N–H and O–H groups in total. The molecule has 1 atom stereocenters. The molecule has 1 aliphatic rings. The van der Waals surface area contributed by atoms with Gasteiger partial charge in [-0.1, -0.05) is 0 Å². The smallest absolute Gasteiger partial charge is 0.265 e. The van der Waals surface area contributed by atoms with Crippen molar-refractivity contribution in [2.24, 2.45) is 0 Å². The van der Waals surface area contributed by atoms with E-state index >= 15 is 0 Å². The molecule has 0 spiro atoms. The van der Waals surface area contributed by atoms with E-state index in [1.807, 2.05) is 0 Å². The predicted octanol–water partition coefficient (Wildman–Crippen LogP) is 0.213. The molecule has 1 unspecified atom stereocenters.